The minimum atomic E-state index is -4.52. The molecule has 6 nitrogen and oxygen atoms in total. The summed E-state index contributed by atoms with van der Waals surface area (Å²) in [6.07, 6.45) is -2.47. The summed E-state index contributed by atoms with van der Waals surface area (Å²) in [7, 11) is 0. The fraction of sp³-hybridized carbons (Fsp3) is 0.250. The summed E-state index contributed by atoms with van der Waals surface area (Å²) in [6, 6.07) is 8.85. The highest BCUT2D eigenvalue weighted by Crippen LogP contribution is 2.29. The number of hydrogen-bond donors (Lipinski definition) is 3. The number of rotatable bonds is 7. The van der Waals surface area contributed by atoms with E-state index in [9.17, 15) is 27.6 Å². The van der Waals surface area contributed by atoms with Crippen molar-refractivity contribution in [3.8, 4) is 0 Å². The molecular weight excluding hydrogens is 455 g/mol. The first-order chi connectivity index (χ1) is 14.6. The Morgan fingerprint density at radius 3 is 2.23 bits per heavy atom. The third-order valence-corrected chi connectivity index (χ3v) is 5.10. The van der Waals surface area contributed by atoms with Crippen molar-refractivity contribution in [2.45, 2.75) is 18.6 Å². The summed E-state index contributed by atoms with van der Waals surface area (Å²) >= 11 is 7.37. The van der Waals surface area contributed by atoms with E-state index >= 15 is 0 Å². The summed E-state index contributed by atoms with van der Waals surface area (Å²) in [4.78, 5) is 37.1. The molecule has 0 aromatic heterocycles. The summed E-state index contributed by atoms with van der Waals surface area (Å²) in [6.45, 7) is 0. The van der Waals surface area contributed by atoms with E-state index in [1.165, 1.54) is 23.9 Å². The first kappa shape index (κ1) is 24.5. The van der Waals surface area contributed by atoms with Gasteiger partial charge in [0.25, 0.3) is 17.7 Å². The number of amides is 3. The predicted molar refractivity (Wildman–Crippen MR) is 113 cm³/mol. The van der Waals surface area contributed by atoms with Crippen LogP contribution in [0.1, 0.15) is 32.7 Å². The molecule has 2 aromatic carbocycles. The third kappa shape index (κ3) is 7.18. The van der Waals surface area contributed by atoms with Gasteiger partial charge in [-0.1, -0.05) is 23.7 Å². The third-order valence-electron chi connectivity index (χ3n) is 4.12. The number of benzene rings is 2. The number of carbonyl (C=O) groups is 3. The van der Waals surface area contributed by atoms with E-state index in [4.69, 9.17) is 11.6 Å². The first-order valence-corrected chi connectivity index (χ1v) is 10.7. The molecular formula is C20H19ClF3N3O3S. The molecule has 31 heavy (non-hydrogen) atoms. The van der Waals surface area contributed by atoms with Gasteiger partial charge in [-0.15, -0.1) is 0 Å². The Bertz CT molecular complexity index is 939. The molecule has 3 N–H and O–H groups in total. The Balaban J connectivity index is 2.03. The maximum Gasteiger partial charge on any atom is 0.416 e. The number of hydrogen-bond acceptors (Lipinski definition) is 4. The number of carbonyl (C=O) groups excluding carboxylic acids is 3. The highest BCUT2D eigenvalue weighted by Gasteiger charge is 2.30. The van der Waals surface area contributed by atoms with Crippen LogP contribution in [0.3, 0.4) is 0 Å². The number of hydrazine groups is 1. The number of alkyl halides is 3. The van der Waals surface area contributed by atoms with Crippen LogP contribution < -0.4 is 16.2 Å². The Hall–Kier alpha value is -2.72. The summed E-state index contributed by atoms with van der Waals surface area (Å²) < 4.78 is 38.0. The molecule has 0 radical (unpaired) electrons. The zero-order valence-electron chi connectivity index (χ0n) is 16.3. The Morgan fingerprint density at radius 1 is 1.00 bits per heavy atom. The lowest BCUT2D eigenvalue weighted by molar-refractivity contribution is -0.137. The second-order valence-corrected chi connectivity index (χ2v) is 7.70. The van der Waals surface area contributed by atoms with E-state index in [2.05, 4.69) is 16.2 Å². The quantitative estimate of drug-likeness (QED) is 0.535. The minimum absolute atomic E-state index is 0.0324. The van der Waals surface area contributed by atoms with Crippen molar-refractivity contribution in [1.29, 1.82) is 0 Å². The predicted octanol–water partition coefficient (Wildman–Crippen LogP) is 3.67. The standard InChI is InChI=1S/C20H19ClF3N3O3S/c1-31-11-10-16(19(30)27-26-18(29)14-4-2-3-5-15(14)21)25-17(28)12-6-8-13(9-7-12)20(22,23)24/h2-9,16H,10-11H2,1H3,(H,25,28)(H,26,29)(H,27,30)/t16-/m0/s1. The summed E-state index contributed by atoms with van der Waals surface area (Å²) in [5, 5.41) is 2.68. The van der Waals surface area contributed by atoms with Gasteiger partial charge in [0.2, 0.25) is 0 Å². The van der Waals surface area contributed by atoms with Gasteiger partial charge >= 0.3 is 6.18 Å². The van der Waals surface area contributed by atoms with Gasteiger partial charge in [0.05, 0.1) is 16.1 Å². The van der Waals surface area contributed by atoms with Crippen LogP contribution in [0.15, 0.2) is 48.5 Å². The number of halogens is 4. The molecule has 0 fully saturated rings. The van der Waals surface area contributed by atoms with Gasteiger partial charge in [0, 0.05) is 5.56 Å². The molecule has 0 spiro atoms. The molecule has 0 saturated heterocycles. The molecule has 0 aliphatic rings. The summed E-state index contributed by atoms with van der Waals surface area (Å²) in [5.74, 6) is -1.53. The molecule has 2 rings (SSSR count). The van der Waals surface area contributed by atoms with Crippen LogP contribution in [0.5, 0.6) is 0 Å². The van der Waals surface area contributed by atoms with Gasteiger partial charge < -0.3 is 5.32 Å². The minimum Gasteiger partial charge on any atom is -0.340 e. The Labute approximate surface area is 185 Å². The van der Waals surface area contributed by atoms with Crippen molar-refractivity contribution in [2.24, 2.45) is 0 Å². The van der Waals surface area contributed by atoms with Gasteiger partial charge in [-0.3, -0.25) is 25.2 Å². The molecule has 0 aliphatic heterocycles. The van der Waals surface area contributed by atoms with Crippen molar-refractivity contribution in [1.82, 2.24) is 16.2 Å². The lowest BCUT2D eigenvalue weighted by Crippen LogP contribution is -2.52. The molecule has 0 unspecified atom stereocenters. The van der Waals surface area contributed by atoms with Crippen molar-refractivity contribution >= 4 is 41.1 Å². The topological polar surface area (TPSA) is 87.3 Å². The van der Waals surface area contributed by atoms with Crippen LogP contribution in [0, 0.1) is 0 Å². The normalized spacial score (nSPS) is 12.0. The fourth-order valence-electron chi connectivity index (χ4n) is 2.47. The van der Waals surface area contributed by atoms with Crippen LogP contribution in [-0.4, -0.2) is 35.8 Å². The first-order valence-electron chi connectivity index (χ1n) is 8.95. The molecule has 2 aromatic rings. The molecule has 0 aliphatic carbocycles. The molecule has 0 heterocycles. The van der Waals surface area contributed by atoms with Crippen molar-refractivity contribution in [2.75, 3.05) is 12.0 Å². The van der Waals surface area contributed by atoms with E-state index in [0.29, 0.717) is 5.75 Å². The lowest BCUT2D eigenvalue weighted by atomic mass is 10.1. The Kier molecular flexibility index (Phi) is 8.76. The van der Waals surface area contributed by atoms with Crippen LogP contribution in [-0.2, 0) is 11.0 Å². The van der Waals surface area contributed by atoms with Crippen molar-refractivity contribution in [3.63, 3.8) is 0 Å². The van der Waals surface area contributed by atoms with E-state index in [1.807, 2.05) is 6.26 Å². The second kappa shape index (κ2) is 11.1. The van der Waals surface area contributed by atoms with Gasteiger partial charge in [0.15, 0.2) is 0 Å². The van der Waals surface area contributed by atoms with Gasteiger partial charge in [0.1, 0.15) is 6.04 Å². The van der Waals surface area contributed by atoms with Crippen LogP contribution in [0.4, 0.5) is 13.2 Å². The number of thioether (sulfide) groups is 1. The summed E-state index contributed by atoms with van der Waals surface area (Å²) in [5.41, 5.74) is 3.69. The van der Waals surface area contributed by atoms with E-state index < -0.39 is 35.5 Å². The molecule has 1 atom stereocenters. The van der Waals surface area contributed by atoms with Crippen LogP contribution in [0.2, 0.25) is 5.02 Å². The molecule has 0 saturated carbocycles. The monoisotopic (exact) mass is 473 g/mol. The average molecular weight is 474 g/mol. The average Bonchev–Trinajstić information content (AvgIpc) is 2.74. The SMILES string of the molecule is CSCC[C@H](NC(=O)c1ccc(C(F)(F)F)cc1)C(=O)NNC(=O)c1ccccc1Cl. The zero-order valence-corrected chi connectivity index (χ0v) is 17.8. The van der Waals surface area contributed by atoms with E-state index in [0.717, 1.165) is 24.3 Å². The molecule has 0 bridgehead atoms. The van der Waals surface area contributed by atoms with Gasteiger partial charge in [-0.05, 0) is 54.8 Å². The van der Waals surface area contributed by atoms with Crippen molar-refractivity contribution < 1.29 is 27.6 Å². The Morgan fingerprint density at radius 2 is 1.65 bits per heavy atom. The van der Waals surface area contributed by atoms with Crippen molar-refractivity contribution in [3.05, 3.63) is 70.2 Å². The van der Waals surface area contributed by atoms with E-state index in [1.54, 1.807) is 12.1 Å². The largest absolute Gasteiger partial charge is 0.416 e. The highest BCUT2D eigenvalue weighted by atomic mass is 35.5. The maximum absolute atomic E-state index is 12.7. The van der Waals surface area contributed by atoms with Gasteiger partial charge in [-0.25, -0.2) is 0 Å². The fourth-order valence-corrected chi connectivity index (χ4v) is 3.17. The molecule has 166 valence electrons. The molecule has 3 amide bonds. The smallest absolute Gasteiger partial charge is 0.340 e. The van der Waals surface area contributed by atoms with E-state index in [-0.39, 0.29) is 22.6 Å². The molecule has 11 heteroatoms. The number of nitrogens with one attached hydrogen (secondary N) is 3. The zero-order chi connectivity index (χ0) is 23.0. The van der Waals surface area contributed by atoms with Crippen LogP contribution in [0.25, 0.3) is 0 Å². The lowest BCUT2D eigenvalue weighted by Gasteiger charge is -2.19. The highest BCUT2D eigenvalue weighted by molar-refractivity contribution is 7.98. The second-order valence-electron chi connectivity index (χ2n) is 6.31. The maximum atomic E-state index is 12.7. The van der Waals surface area contributed by atoms with Gasteiger partial charge in [-0.2, -0.15) is 24.9 Å². The van der Waals surface area contributed by atoms with Crippen LogP contribution >= 0.6 is 23.4 Å².